The summed E-state index contributed by atoms with van der Waals surface area (Å²) in [5, 5.41) is 9.03. The third kappa shape index (κ3) is 3.12. The molecule has 2 heterocycles. The first kappa shape index (κ1) is 16.4. The first-order valence-electron chi connectivity index (χ1n) is 7.98. The van der Waals surface area contributed by atoms with Gasteiger partial charge in [-0.3, -0.25) is 9.59 Å². The van der Waals surface area contributed by atoms with Gasteiger partial charge in [-0.25, -0.2) is 4.79 Å². The minimum Gasteiger partial charge on any atom is -0.479 e. The molecule has 2 saturated heterocycles. The van der Waals surface area contributed by atoms with Crippen LogP contribution in [0, 0.1) is 12.8 Å². The number of carbonyl (C=O) groups is 3. The van der Waals surface area contributed by atoms with Gasteiger partial charge in [0.1, 0.15) is 5.92 Å². The van der Waals surface area contributed by atoms with E-state index >= 15 is 0 Å². The molecule has 1 aromatic rings. The molecule has 2 atom stereocenters. The Hall–Kier alpha value is -2.41. The van der Waals surface area contributed by atoms with Crippen molar-refractivity contribution in [3.05, 3.63) is 29.8 Å². The van der Waals surface area contributed by atoms with Crippen molar-refractivity contribution in [3.8, 4) is 0 Å². The maximum Gasteiger partial charge on any atom is 0.334 e. The van der Waals surface area contributed by atoms with E-state index in [-0.39, 0.29) is 25.0 Å². The number of hydrogen-bond acceptors (Lipinski definition) is 4. The third-order valence-electron chi connectivity index (χ3n) is 4.50. The Balaban J connectivity index is 1.69. The molecule has 0 aromatic heterocycles. The lowest BCUT2D eigenvalue weighted by molar-refractivity contribution is -0.160. The average Bonchev–Trinajstić information content (AvgIpc) is 2.96. The normalized spacial score (nSPS) is 24.3. The van der Waals surface area contributed by atoms with Crippen molar-refractivity contribution < 1.29 is 24.2 Å². The molecule has 128 valence electrons. The number of aryl methyl sites for hydroxylation is 1. The summed E-state index contributed by atoms with van der Waals surface area (Å²) in [6.45, 7) is 2.94. The number of rotatable bonds is 3. The highest BCUT2D eigenvalue weighted by Gasteiger charge is 2.41. The van der Waals surface area contributed by atoms with Gasteiger partial charge in [0.15, 0.2) is 6.10 Å². The van der Waals surface area contributed by atoms with Crippen molar-refractivity contribution in [2.45, 2.75) is 19.4 Å². The van der Waals surface area contributed by atoms with Crippen LogP contribution in [0.25, 0.3) is 0 Å². The number of benzene rings is 1. The molecule has 0 spiro atoms. The summed E-state index contributed by atoms with van der Waals surface area (Å²) in [5.74, 6) is -2.35. The smallest absolute Gasteiger partial charge is 0.334 e. The highest BCUT2D eigenvalue weighted by molar-refractivity contribution is 6.09. The van der Waals surface area contributed by atoms with Gasteiger partial charge >= 0.3 is 5.97 Å². The molecule has 24 heavy (non-hydrogen) atoms. The number of hydrogen-bond donors (Lipinski definition) is 1. The van der Waals surface area contributed by atoms with Crippen LogP contribution >= 0.6 is 0 Å². The molecule has 2 amide bonds. The summed E-state index contributed by atoms with van der Waals surface area (Å²) < 4.78 is 5.12. The van der Waals surface area contributed by atoms with Gasteiger partial charge < -0.3 is 19.6 Å². The zero-order valence-electron chi connectivity index (χ0n) is 13.5. The first-order valence-corrected chi connectivity index (χ1v) is 7.98. The summed E-state index contributed by atoms with van der Waals surface area (Å²) in [5.41, 5.74) is 1.89. The second-order valence-corrected chi connectivity index (χ2v) is 6.15. The molecule has 1 aromatic carbocycles. The number of ether oxygens (including phenoxy) is 1. The van der Waals surface area contributed by atoms with Crippen molar-refractivity contribution >= 4 is 23.5 Å². The molecule has 2 fully saturated rings. The van der Waals surface area contributed by atoms with Crippen LogP contribution < -0.4 is 4.90 Å². The largest absolute Gasteiger partial charge is 0.479 e. The van der Waals surface area contributed by atoms with Gasteiger partial charge in [-0.05, 0) is 25.5 Å². The number of carboxylic acid groups (broad SMARTS) is 1. The van der Waals surface area contributed by atoms with Crippen molar-refractivity contribution in [2.24, 2.45) is 5.92 Å². The molecule has 7 nitrogen and oxygen atoms in total. The van der Waals surface area contributed by atoms with Crippen molar-refractivity contribution in [1.82, 2.24) is 4.90 Å². The van der Waals surface area contributed by atoms with Crippen LogP contribution in [0.1, 0.15) is 12.0 Å². The van der Waals surface area contributed by atoms with E-state index in [2.05, 4.69) is 0 Å². The zero-order valence-corrected chi connectivity index (χ0v) is 13.5. The van der Waals surface area contributed by atoms with Crippen LogP contribution in [-0.2, 0) is 19.1 Å². The second-order valence-electron chi connectivity index (χ2n) is 6.15. The first-order chi connectivity index (χ1) is 11.5. The summed E-state index contributed by atoms with van der Waals surface area (Å²) >= 11 is 0. The highest BCUT2D eigenvalue weighted by Crippen LogP contribution is 2.27. The topological polar surface area (TPSA) is 87.2 Å². The van der Waals surface area contributed by atoms with Gasteiger partial charge in [-0.15, -0.1) is 0 Å². The lowest BCUT2D eigenvalue weighted by atomic mass is 10.1. The molecule has 3 rings (SSSR count). The Kier molecular flexibility index (Phi) is 4.53. The molecule has 2 aliphatic rings. The Morgan fingerprint density at radius 1 is 1.21 bits per heavy atom. The standard InChI is InChI=1S/C17H20N2O5/c1-11-2-4-12(5-3-11)19-7-6-13(16(19)21)15(20)18-8-9-24-14(10-18)17(22)23/h2-5,13-14H,6-10H2,1H3,(H,22,23)/t13-,14-/m1/s1. The number of nitrogens with zero attached hydrogens (tertiary/aromatic N) is 2. The predicted octanol–water partition coefficient (Wildman–Crippen LogP) is 0.660. The van der Waals surface area contributed by atoms with Gasteiger partial charge in [0.05, 0.1) is 13.2 Å². The van der Waals surface area contributed by atoms with E-state index in [9.17, 15) is 14.4 Å². The molecule has 0 aliphatic carbocycles. The van der Waals surface area contributed by atoms with Crippen LogP contribution in [0.15, 0.2) is 24.3 Å². The SMILES string of the molecule is Cc1ccc(N2CC[C@H](C(=O)N3CCO[C@@H](C(=O)O)C3)C2=O)cc1. The highest BCUT2D eigenvalue weighted by atomic mass is 16.5. The van der Waals surface area contributed by atoms with Crippen LogP contribution in [0.4, 0.5) is 5.69 Å². The molecule has 0 unspecified atom stereocenters. The van der Waals surface area contributed by atoms with Gasteiger partial charge in [0.2, 0.25) is 11.8 Å². The van der Waals surface area contributed by atoms with E-state index in [0.717, 1.165) is 11.3 Å². The quantitative estimate of drug-likeness (QED) is 0.822. The number of carboxylic acids is 1. The summed E-state index contributed by atoms with van der Waals surface area (Å²) in [6, 6.07) is 7.60. The Morgan fingerprint density at radius 2 is 1.92 bits per heavy atom. The summed E-state index contributed by atoms with van der Waals surface area (Å²) in [7, 11) is 0. The van der Waals surface area contributed by atoms with Crippen LogP contribution in [0.3, 0.4) is 0 Å². The van der Waals surface area contributed by atoms with E-state index in [1.54, 1.807) is 4.90 Å². The molecule has 0 bridgehead atoms. The van der Waals surface area contributed by atoms with Gasteiger partial charge in [-0.1, -0.05) is 17.7 Å². The molecule has 1 N–H and O–H groups in total. The third-order valence-corrected chi connectivity index (χ3v) is 4.50. The van der Waals surface area contributed by atoms with E-state index in [1.165, 1.54) is 4.90 Å². The summed E-state index contributed by atoms with van der Waals surface area (Å²) in [6.07, 6.45) is -0.576. The van der Waals surface area contributed by atoms with Gasteiger partial charge in [0, 0.05) is 18.8 Å². The van der Waals surface area contributed by atoms with E-state index in [1.807, 2.05) is 31.2 Å². The Labute approximate surface area is 139 Å². The number of amides is 2. The lowest BCUT2D eigenvalue weighted by Gasteiger charge is -2.32. The molecule has 2 aliphatic heterocycles. The average molecular weight is 332 g/mol. The Bertz CT molecular complexity index is 657. The molecular formula is C17H20N2O5. The monoisotopic (exact) mass is 332 g/mol. The maximum atomic E-state index is 12.6. The lowest BCUT2D eigenvalue weighted by Crippen LogP contribution is -2.51. The van der Waals surface area contributed by atoms with Crippen LogP contribution in [0.2, 0.25) is 0 Å². The van der Waals surface area contributed by atoms with Gasteiger partial charge in [0.25, 0.3) is 0 Å². The second kappa shape index (κ2) is 6.60. The fraction of sp³-hybridized carbons (Fsp3) is 0.471. The summed E-state index contributed by atoms with van der Waals surface area (Å²) in [4.78, 5) is 39.4. The van der Waals surface area contributed by atoms with Crippen LogP contribution in [-0.4, -0.2) is 60.1 Å². The fourth-order valence-corrected chi connectivity index (χ4v) is 3.11. The molecule has 0 saturated carbocycles. The van der Waals surface area contributed by atoms with Crippen molar-refractivity contribution in [2.75, 3.05) is 31.1 Å². The van der Waals surface area contributed by atoms with E-state index < -0.39 is 18.0 Å². The zero-order chi connectivity index (χ0) is 17.3. The number of aliphatic carboxylic acids is 1. The molecule has 7 heteroatoms. The molecular weight excluding hydrogens is 312 g/mol. The van der Waals surface area contributed by atoms with E-state index in [4.69, 9.17) is 9.84 Å². The number of carbonyl (C=O) groups excluding carboxylic acids is 2. The number of anilines is 1. The van der Waals surface area contributed by atoms with Gasteiger partial charge in [-0.2, -0.15) is 0 Å². The van der Waals surface area contributed by atoms with Crippen molar-refractivity contribution in [1.29, 1.82) is 0 Å². The predicted molar refractivity (Wildman–Crippen MR) is 85.6 cm³/mol. The Morgan fingerprint density at radius 3 is 2.58 bits per heavy atom. The molecule has 0 radical (unpaired) electrons. The minimum absolute atomic E-state index is 0.0114. The van der Waals surface area contributed by atoms with E-state index in [0.29, 0.717) is 19.5 Å². The maximum absolute atomic E-state index is 12.6. The van der Waals surface area contributed by atoms with Crippen LogP contribution in [0.5, 0.6) is 0 Å². The minimum atomic E-state index is -1.09. The van der Waals surface area contributed by atoms with Crippen molar-refractivity contribution in [3.63, 3.8) is 0 Å². The number of morpholine rings is 1. The fourth-order valence-electron chi connectivity index (χ4n) is 3.11.